The lowest BCUT2D eigenvalue weighted by Crippen LogP contribution is -2.19. The third-order valence-electron chi connectivity index (χ3n) is 2.50. The Morgan fingerprint density at radius 2 is 1.71 bits per heavy atom. The first kappa shape index (κ1) is 11.2. The van der Waals surface area contributed by atoms with Gasteiger partial charge in [-0.25, -0.2) is 0 Å². The van der Waals surface area contributed by atoms with Crippen molar-refractivity contribution in [3.8, 4) is 0 Å². The number of rotatable bonds is 2. The monoisotopic (exact) mass is 205 g/mol. The van der Waals surface area contributed by atoms with Crippen molar-refractivity contribution in [1.29, 1.82) is 0 Å². The molecular formula is C12H19NSi. The van der Waals surface area contributed by atoms with E-state index in [2.05, 4.69) is 44.1 Å². The van der Waals surface area contributed by atoms with Crippen LogP contribution in [-0.2, 0) is 0 Å². The van der Waals surface area contributed by atoms with Crippen molar-refractivity contribution in [1.82, 2.24) is 0 Å². The van der Waals surface area contributed by atoms with Crippen LogP contribution in [0.15, 0.2) is 35.0 Å². The van der Waals surface area contributed by atoms with Gasteiger partial charge in [0.05, 0.1) is 0 Å². The third kappa shape index (κ3) is 3.46. The van der Waals surface area contributed by atoms with Crippen LogP contribution in [0.1, 0.15) is 26.3 Å². The molecule has 2 heteroatoms. The van der Waals surface area contributed by atoms with E-state index in [1.807, 2.05) is 24.4 Å². The summed E-state index contributed by atoms with van der Waals surface area (Å²) >= 11 is 0. The summed E-state index contributed by atoms with van der Waals surface area (Å²) in [6.07, 6.45) is 2.02. The van der Waals surface area contributed by atoms with Crippen LogP contribution in [0.25, 0.3) is 0 Å². The lowest BCUT2D eigenvalue weighted by molar-refractivity contribution is 0.737. The molecule has 1 atom stereocenters. The molecule has 0 heterocycles. The summed E-state index contributed by atoms with van der Waals surface area (Å²) in [7, 11) is -0.991. The molecule has 0 aliphatic carbocycles. The molecule has 0 aromatic heterocycles. The van der Waals surface area contributed by atoms with Crippen LogP contribution in [0.2, 0.25) is 11.6 Å². The van der Waals surface area contributed by atoms with Gasteiger partial charge in [0.25, 0.3) is 0 Å². The highest BCUT2D eigenvalue weighted by molar-refractivity contribution is 6.59. The van der Waals surface area contributed by atoms with E-state index in [1.54, 1.807) is 0 Å². The van der Waals surface area contributed by atoms with E-state index in [0.717, 1.165) is 0 Å². The van der Waals surface area contributed by atoms with Crippen molar-refractivity contribution in [3.63, 3.8) is 0 Å². The zero-order valence-corrected chi connectivity index (χ0v) is 10.6. The van der Waals surface area contributed by atoms with Crippen LogP contribution in [0.4, 0.5) is 0 Å². The number of nitrogens with zero attached hydrogens (tertiary/aromatic N) is 1. The van der Waals surface area contributed by atoms with E-state index in [4.69, 9.17) is 0 Å². The van der Waals surface area contributed by atoms with Crippen LogP contribution >= 0.6 is 0 Å². The SMILES string of the molecule is C[SiH](/N=C/c1ccccc1)C(C)(C)C. The van der Waals surface area contributed by atoms with Gasteiger partial charge in [-0.15, -0.1) is 0 Å². The topological polar surface area (TPSA) is 12.4 Å². The van der Waals surface area contributed by atoms with Gasteiger partial charge in [0, 0.05) is 6.21 Å². The maximum absolute atomic E-state index is 4.68. The smallest absolute Gasteiger partial charge is 0.168 e. The third-order valence-corrected chi connectivity index (χ3v) is 5.60. The van der Waals surface area contributed by atoms with Crippen molar-refractivity contribution in [2.75, 3.05) is 0 Å². The average molecular weight is 205 g/mol. The molecular weight excluding hydrogens is 186 g/mol. The van der Waals surface area contributed by atoms with E-state index in [-0.39, 0.29) is 0 Å². The quantitative estimate of drug-likeness (QED) is 0.519. The average Bonchev–Trinajstić information content (AvgIpc) is 2.14. The van der Waals surface area contributed by atoms with Gasteiger partial charge >= 0.3 is 0 Å². The lowest BCUT2D eigenvalue weighted by Gasteiger charge is -2.21. The summed E-state index contributed by atoms with van der Waals surface area (Å²) in [6, 6.07) is 10.3. The van der Waals surface area contributed by atoms with Gasteiger partial charge in [-0.05, 0) is 10.6 Å². The van der Waals surface area contributed by atoms with E-state index >= 15 is 0 Å². The number of benzene rings is 1. The molecule has 76 valence electrons. The highest BCUT2D eigenvalue weighted by Gasteiger charge is 2.20. The Hall–Kier alpha value is -0.893. The molecule has 1 unspecified atom stereocenters. The zero-order valence-electron chi connectivity index (χ0n) is 9.49. The summed E-state index contributed by atoms with van der Waals surface area (Å²) in [6.45, 7) is 9.10. The fourth-order valence-electron chi connectivity index (χ4n) is 0.961. The number of hydrogen-bond acceptors (Lipinski definition) is 1. The first-order valence-corrected chi connectivity index (χ1v) is 7.33. The van der Waals surface area contributed by atoms with Crippen LogP contribution in [0.5, 0.6) is 0 Å². The molecule has 0 amide bonds. The Morgan fingerprint density at radius 3 is 2.21 bits per heavy atom. The minimum atomic E-state index is -0.991. The zero-order chi connectivity index (χ0) is 10.6. The predicted octanol–water partition coefficient (Wildman–Crippen LogP) is 3.26. The molecule has 0 saturated heterocycles. The largest absolute Gasteiger partial charge is 0.332 e. The lowest BCUT2D eigenvalue weighted by atomic mass is 10.2. The molecule has 0 fully saturated rings. The van der Waals surface area contributed by atoms with Crippen molar-refractivity contribution >= 4 is 15.2 Å². The van der Waals surface area contributed by atoms with Crippen molar-refractivity contribution < 1.29 is 0 Å². The maximum Gasteiger partial charge on any atom is 0.168 e. The van der Waals surface area contributed by atoms with Crippen molar-refractivity contribution in [3.05, 3.63) is 35.9 Å². The summed E-state index contributed by atoms with van der Waals surface area (Å²) in [5, 5.41) is 0.380. The van der Waals surface area contributed by atoms with E-state index in [9.17, 15) is 0 Å². The molecule has 0 bridgehead atoms. The van der Waals surface area contributed by atoms with Gasteiger partial charge in [-0.2, -0.15) is 0 Å². The standard InChI is InChI=1S/C12H19NSi/c1-12(2,3)14(4)13-10-11-8-6-5-7-9-11/h5-10,14H,1-4H3/b13-10+. The van der Waals surface area contributed by atoms with Gasteiger partial charge in [-0.1, -0.05) is 57.7 Å². The highest BCUT2D eigenvalue weighted by Crippen LogP contribution is 2.26. The molecule has 1 nitrogen and oxygen atoms in total. The molecule has 0 radical (unpaired) electrons. The molecule has 0 spiro atoms. The molecule has 1 aromatic rings. The second-order valence-corrected chi connectivity index (χ2v) is 8.11. The normalized spacial score (nSPS) is 14.6. The van der Waals surface area contributed by atoms with Gasteiger partial charge in [-0.3, -0.25) is 0 Å². The Morgan fingerprint density at radius 1 is 1.14 bits per heavy atom. The summed E-state index contributed by atoms with van der Waals surface area (Å²) in [5.74, 6) is 0. The van der Waals surface area contributed by atoms with Gasteiger partial charge < -0.3 is 4.66 Å². The Kier molecular flexibility index (Phi) is 3.64. The molecule has 0 saturated carbocycles. The Balaban J connectivity index is 2.66. The summed E-state index contributed by atoms with van der Waals surface area (Å²) in [4.78, 5) is 0. The second kappa shape index (κ2) is 4.56. The van der Waals surface area contributed by atoms with Gasteiger partial charge in [0.1, 0.15) is 0 Å². The minimum absolute atomic E-state index is 0.380. The van der Waals surface area contributed by atoms with E-state index < -0.39 is 8.96 Å². The molecule has 0 aliphatic heterocycles. The van der Waals surface area contributed by atoms with Crippen LogP contribution in [0.3, 0.4) is 0 Å². The van der Waals surface area contributed by atoms with Gasteiger partial charge in [0.15, 0.2) is 8.96 Å². The predicted molar refractivity (Wildman–Crippen MR) is 66.8 cm³/mol. The molecule has 0 N–H and O–H groups in total. The Bertz CT molecular complexity index is 298. The summed E-state index contributed by atoms with van der Waals surface area (Å²) < 4.78 is 4.68. The van der Waals surface area contributed by atoms with E-state index in [0.29, 0.717) is 5.04 Å². The summed E-state index contributed by atoms with van der Waals surface area (Å²) in [5.41, 5.74) is 1.20. The van der Waals surface area contributed by atoms with Gasteiger partial charge in [0.2, 0.25) is 0 Å². The maximum atomic E-state index is 4.68. The van der Waals surface area contributed by atoms with Crippen LogP contribution in [0, 0.1) is 0 Å². The van der Waals surface area contributed by atoms with Crippen LogP contribution < -0.4 is 0 Å². The minimum Gasteiger partial charge on any atom is -0.332 e. The van der Waals surface area contributed by atoms with E-state index in [1.165, 1.54) is 5.56 Å². The van der Waals surface area contributed by atoms with Crippen LogP contribution in [-0.4, -0.2) is 15.2 Å². The molecule has 1 aromatic carbocycles. The molecule has 14 heavy (non-hydrogen) atoms. The fourth-order valence-corrected chi connectivity index (χ4v) is 1.80. The first-order valence-electron chi connectivity index (χ1n) is 5.08. The second-order valence-electron chi connectivity index (χ2n) is 4.73. The highest BCUT2D eigenvalue weighted by atomic mass is 28.3. The van der Waals surface area contributed by atoms with Crippen molar-refractivity contribution in [2.24, 2.45) is 4.66 Å². The molecule has 1 rings (SSSR count). The number of hydrogen-bond donors (Lipinski definition) is 0. The molecule has 0 aliphatic rings. The van der Waals surface area contributed by atoms with Crippen molar-refractivity contribution in [2.45, 2.75) is 32.4 Å². The Labute approximate surface area is 88.6 Å². The fraction of sp³-hybridized carbons (Fsp3) is 0.417. The first-order chi connectivity index (χ1) is 6.50.